The fourth-order valence-electron chi connectivity index (χ4n) is 2.62. The Bertz CT molecular complexity index is 496. The molecule has 2 heterocycles. The van der Waals surface area contributed by atoms with Gasteiger partial charge in [0, 0.05) is 24.8 Å². The predicted octanol–water partition coefficient (Wildman–Crippen LogP) is 1.87. The van der Waals surface area contributed by atoms with E-state index >= 15 is 0 Å². The van der Waals surface area contributed by atoms with Crippen molar-refractivity contribution in [1.29, 1.82) is 0 Å². The lowest BCUT2D eigenvalue weighted by molar-refractivity contribution is -0.150. The zero-order valence-corrected chi connectivity index (χ0v) is 12.2. The lowest BCUT2D eigenvalue weighted by atomic mass is 9.76. The first-order chi connectivity index (χ1) is 9.50. The summed E-state index contributed by atoms with van der Waals surface area (Å²) in [7, 11) is 1.58. The maximum Gasteiger partial charge on any atom is 0.309 e. The van der Waals surface area contributed by atoms with Crippen LogP contribution in [-0.2, 0) is 4.79 Å². The molecule has 1 aromatic heterocycles. The summed E-state index contributed by atoms with van der Waals surface area (Å²) in [4.78, 5) is 22.2. The molecule has 0 atom stereocenters. The largest absolute Gasteiger partial charge is 0.481 e. The first kappa shape index (κ1) is 14.6. The zero-order valence-electron chi connectivity index (χ0n) is 12.2. The molecule has 1 aromatic rings. The maximum atomic E-state index is 11.4. The number of aryl methyl sites for hydroxylation is 1. The number of carbonyl (C=O) groups is 1. The second-order valence-corrected chi connectivity index (χ2v) is 5.28. The lowest BCUT2D eigenvalue weighted by Crippen LogP contribution is -2.44. The quantitative estimate of drug-likeness (QED) is 0.907. The highest BCUT2D eigenvalue weighted by molar-refractivity contribution is 5.75. The number of nitrogens with zero attached hydrogens (tertiary/aromatic N) is 3. The third kappa shape index (κ3) is 2.69. The van der Waals surface area contributed by atoms with Crippen molar-refractivity contribution in [3.05, 3.63) is 11.8 Å². The highest BCUT2D eigenvalue weighted by Crippen LogP contribution is 2.36. The van der Waals surface area contributed by atoms with E-state index in [0.717, 1.165) is 5.69 Å². The number of methoxy groups -OCH3 is 1. The van der Waals surface area contributed by atoms with Crippen LogP contribution in [0.4, 0.5) is 5.95 Å². The number of ether oxygens (including phenoxy) is 1. The molecule has 6 nitrogen and oxygen atoms in total. The summed E-state index contributed by atoms with van der Waals surface area (Å²) >= 11 is 0. The van der Waals surface area contributed by atoms with E-state index in [1.165, 1.54) is 0 Å². The van der Waals surface area contributed by atoms with Gasteiger partial charge < -0.3 is 14.7 Å². The summed E-state index contributed by atoms with van der Waals surface area (Å²) in [5, 5.41) is 9.40. The van der Waals surface area contributed by atoms with Gasteiger partial charge in [-0.15, -0.1) is 0 Å². The first-order valence-corrected chi connectivity index (χ1v) is 6.89. The summed E-state index contributed by atoms with van der Waals surface area (Å²) in [6.07, 6.45) is 1.91. The van der Waals surface area contributed by atoms with Gasteiger partial charge >= 0.3 is 5.97 Å². The number of aliphatic carboxylic acids is 1. The highest BCUT2D eigenvalue weighted by atomic mass is 16.5. The second kappa shape index (κ2) is 5.64. The number of rotatable bonds is 4. The van der Waals surface area contributed by atoms with E-state index in [2.05, 4.69) is 9.97 Å². The van der Waals surface area contributed by atoms with Crippen LogP contribution in [0.15, 0.2) is 6.07 Å². The number of anilines is 1. The molecule has 0 unspecified atom stereocenters. The van der Waals surface area contributed by atoms with E-state index in [0.29, 0.717) is 44.2 Å². The molecule has 0 bridgehead atoms. The molecule has 0 radical (unpaired) electrons. The number of hydrogen-bond acceptors (Lipinski definition) is 5. The third-order valence-corrected chi connectivity index (χ3v) is 4.16. The van der Waals surface area contributed by atoms with Crippen molar-refractivity contribution in [1.82, 2.24) is 9.97 Å². The molecule has 20 heavy (non-hydrogen) atoms. The van der Waals surface area contributed by atoms with Gasteiger partial charge in [0.2, 0.25) is 11.8 Å². The fraction of sp³-hybridized carbons (Fsp3) is 0.643. The Morgan fingerprint density at radius 3 is 2.60 bits per heavy atom. The van der Waals surface area contributed by atoms with Gasteiger partial charge in [0.1, 0.15) is 0 Å². The van der Waals surface area contributed by atoms with Crippen LogP contribution in [-0.4, -0.2) is 41.2 Å². The van der Waals surface area contributed by atoms with Gasteiger partial charge in [-0.2, -0.15) is 4.98 Å². The topological polar surface area (TPSA) is 75.5 Å². The van der Waals surface area contributed by atoms with Crippen LogP contribution in [0, 0.1) is 12.3 Å². The molecule has 0 aromatic carbocycles. The number of aromatic nitrogens is 2. The summed E-state index contributed by atoms with van der Waals surface area (Å²) < 4.78 is 5.15. The number of carboxylic acid groups (broad SMARTS) is 1. The average molecular weight is 279 g/mol. The van der Waals surface area contributed by atoms with Gasteiger partial charge in [-0.25, -0.2) is 4.98 Å². The van der Waals surface area contributed by atoms with E-state index in [1.54, 1.807) is 13.2 Å². The smallest absolute Gasteiger partial charge is 0.309 e. The molecule has 0 amide bonds. The fourth-order valence-corrected chi connectivity index (χ4v) is 2.62. The minimum atomic E-state index is -0.692. The van der Waals surface area contributed by atoms with Crippen molar-refractivity contribution in [2.75, 3.05) is 25.1 Å². The molecular weight excluding hydrogens is 258 g/mol. The van der Waals surface area contributed by atoms with E-state index in [4.69, 9.17) is 4.74 Å². The summed E-state index contributed by atoms with van der Waals surface area (Å²) in [5.41, 5.74) is 0.252. The lowest BCUT2D eigenvalue weighted by Gasteiger charge is -2.38. The van der Waals surface area contributed by atoms with Crippen LogP contribution < -0.4 is 9.64 Å². The van der Waals surface area contributed by atoms with Crippen LogP contribution in [0.5, 0.6) is 5.88 Å². The standard InChI is InChI=1S/C14H21N3O3/c1-4-14(12(18)19)5-7-17(8-6-14)13-15-10(2)9-11(16-13)20-3/h9H,4-8H2,1-3H3,(H,18,19). The normalized spacial score (nSPS) is 17.9. The number of hydrogen-bond donors (Lipinski definition) is 1. The second-order valence-electron chi connectivity index (χ2n) is 5.28. The molecular formula is C14H21N3O3. The molecule has 0 spiro atoms. The maximum absolute atomic E-state index is 11.4. The van der Waals surface area contributed by atoms with Gasteiger partial charge in [0.05, 0.1) is 12.5 Å². The Kier molecular flexibility index (Phi) is 4.11. The predicted molar refractivity (Wildman–Crippen MR) is 75.1 cm³/mol. The van der Waals surface area contributed by atoms with E-state index in [1.807, 2.05) is 18.7 Å². The van der Waals surface area contributed by atoms with Crippen LogP contribution in [0.2, 0.25) is 0 Å². The SMILES string of the molecule is CCC1(C(=O)O)CCN(c2nc(C)cc(OC)n2)CC1. The molecule has 2 rings (SSSR count). The van der Waals surface area contributed by atoms with Crippen LogP contribution in [0.25, 0.3) is 0 Å². The molecule has 1 saturated heterocycles. The van der Waals surface area contributed by atoms with Crippen molar-refractivity contribution >= 4 is 11.9 Å². The summed E-state index contributed by atoms with van der Waals surface area (Å²) in [5.74, 6) is 0.470. The molecule has 1 aliphatic rings. The Morgan fingerprint density at radius 1 is 1.45 bits per heavy atom. The third-order valence-electron chi connectivity index (χ3n) is 4.16. The van der Waals surface area contributed by atoms with Gasteiger partial charge in [0.15, 0.2) is 0 Å². The number of carboxylic acids is 1. The Labute approximate surface area is 118 Å². The number of piperidine rings is 1. The monoisotopic (exact) mass is 279 g/mol. The first-order valence-electron chi connectivity index (χ1n) is 6.89. The van der Waals surface area contributed by atoms with Crippen molar-refractivity contribution in [2.24, 2.45) is 5.41 Å². The zero-order chi connectivity index (χ0) is 14.8. The van der Waals surface area contributed by atoms with Crippen molar-refractivity contribution in [2.45, 2.75) is 33.1 Å². The molecule has 1 fully saturated rings. The minimum absolute atomic E-state index is 0.540. The Morgan fingerprint density at radius 2 is 2.10 bits per heavy atom. The van der Waals surface area contributed by atoms with Gasteiger partial charge in [-0.3, -0.25) is 4.79 Å². The van der Waals surface area contributed by atoms with Crippen molar-refractivity contribution in [3.8, 4) is 5.88 Å². The van der Waals surface area contributed by atoms with Crippen LogP contribution in [0.3, 0.4) is 0 Å². The van der Waals surface area contributed by atoms with Gasteiger partial charge in [0.25, 0.3) is 0 Å². The molecule has 1 N–H and O–H groups in total. The van der Waals surface area contributed by atoms with E-state index in [-0.39, 0.29) is 0 Å². The highest BCUT2D eigenvalue weighted by Gasteiger charge is 2.40. The molecule has 110 valence electrons. The molecule has 0 aliphatic carbocycles. The van der Waals surface area contributed by atoms with Crippen LogP contribution in [0.1, 0.15) is 31.9 Å². The van der Waals surface area contributed by atoms with Gasteiger partial charge in [-0.05, 0) is 26.2 Å². The van der Waals surface area contributed by atoms with Crippen LogP contribution >= 0.6 is 0 Å². The molecule has 1 aliphatic heterocycles. The molecule has 6 heteroatoms. The minimum Gasteiger partial charge on any atom is -0.481 e. The Balaban J connectivity index is 2.14. The Hall–Kier alpha value is -1.85. The van der Waals surface area contributed by atoms with E-state index < -0.39 is 11.4 Å². The molecule has 0 saturated carbocycles. The van der Waals surface area contributed by atoms with Crippen molar-refractivity contribution < 1.29 is 14.6 Å². The van der Waals surface area contributed by atoms with Gasteiger partial charge in [-0.1, -0.05) is 6.92 Å². The van der Waals surface area contributed by atoms with Crippen molar-refractivity contribution in [3.63, 3.8) is 0 Å². The van der Waals surface area contributed by atoms with E-state index in [9.17, 15) is 9.90 Å². The average Bonchev–Trinajstić information content (AvgIpc) is 2.46. The summed E-state index contributed by atoms with van der Waals surface area (Å²) in [6, 6.07) is 1.78. The summed E-state index contributed by atoms with van der Waals surface area (Å²) in [6.45, 7) is 5.15.